The summed E-state index contributed by atoms with van der Waals surface area (Å²) >= 11 is 0. The van der Waals surface area contributed by atoms with Crippen LogP contribution in [0.15, 0.2) is 47.4 Å². The molecule has 1 heterocycles. The molecular weight excluding hydrogens is 304 g/mol. The number of benzene rings is 1. The van der Waals surface area contributed by atoms with Crippen molar-refractivity contribution in [3.8, 4) is 0 Å². The lowest BCUT2D eigenvalue weighted by Gasteiger charge is -2.21. The topological polar surface area (TPSA) is 69.7 Å². The second-order valence-corrected chi connectivity index (χ2v) is 7.06. The van der Waals surface area contributed by atoms with Crippen molar-refractivity contribution in [1.82, 2.24) is 0 Å². The van der Waals surface area contributed by atoms with Gasteiger partial charge in [0.25, 0.3) is 0 Å². The summed E-state index contributed by atoms with van der Waals surface area (Å²) < 4.78 is 34.9. The third kappa shape index (κ3) is 5.36. The lowest BCUT2D eigenvalue weighted by atomic mass is 10.2. The molecule has 5 nitrogen and oxygen atoms in total. The largest absolute Gasteiger partial charge is 0.353 e. The van der Waals surface area contributed by atoms with Crippen LogP contribution < -0.4 is 0 Å². The molecule has 0 aliphatic carbocycles. The van der Waals surface area contributed by atoms with E-state index in [0.717, 1.165) is 19.3 Å². The summed E-state index contributed by atoms with van der Waals surface area (Å²) in [6.45, 7) is 0.935. The van der Waals surface area contributed by atoms with Crippen LogP contribution in [0.3, 0.4) is 0 Å². The summed E-state index contributed by atoms with van der Waals surface area (Å²) in [6, 6.07) is 7.95. The smallest absolute Gasteiger partial charge is 0.185 e. The zero-order valence-electron chi connectivity index (χ0n) is 12.3. The highest BCUT2D eigenvalue weighted by Crippen LogP contribution is 2.13. The van der Waals surface area contributed by atoms with E-state index in [1.54, 1.807) is 18.2 Å². The highest BCUT2D eigenvalue weighted by atomic mass is 32.2. The molecule has 2 rings (SSSR count). The number of hydrogen-bond donors (Lipinski definition) is 0. The Balaban J connectivity index is 1.78. The van der Waals surface area contributed by atoms with Gasteiger partial charge in [-0.2, -0.15) is 0 Å². The van der Waals surface area contributed by atoms with Crippen LogP contribution in [0.1, 0.15) is 19.3 Å². The van der Waals surface area contributed by atoms with Crippen LogP contribution in [0.2, 0.25) is 0 Å². The van der Waals surface area contributed by atoms with E-state index in [1.165, 1.54) is 24.3 Å². The van der Waals surface area contributed by atoms with E-state index < -0.39 is 21.4 Å². The average Bonchev–Trinajstić information content (AvgIpc) is 2.53. The fourth-order valence-electron chi connectivity index (χ4n) is 2.13. The number of hydrogen-bond acceptors (Lipinski definition) is 5. The standard InChI is InChI=1S/C16H20O5S/c17-14(7-6-12-21-16-10-4-5-11-20-16)13-22(18,19)15-8-2-1-3-9-15/h1-3,6-9,16H,4-5,10-13H2/b7-6+. The first kappa shape index (κ1) is 16.9. The maximum atomic E-state index is 12.0. The molecule has 0 radical (unpaired) electrons. The maximum Gasteiger partial charge on any atom is 0.185 e. The first-order valence-electron chi connectivity index (χ1n) is 7.28. The van der Waals surface area contributed by atoms with Crippen molar-refractivity contribution in [3.63, 3.8) is 0 Å². The van der Waals surface area contributed by atoms with Gasteiger partial charge in [0.2, 0.25) is 0 Å². The summed E-state index contributed by atoms with van der Waals surface area (Å²) in [5, 5.41) is 0. The molecule has 0 amide bonds. The van der Waals surface area contributed by atoms with Crippen LogP contribution in [0.25, 0.3) is 0 Å². The number of carbonyl (C=O) groups is 1. The van der Waals surface area contributed by atoms with Gasteiger partial charge in [-0.15, -0.1) is 0 Å². The van der Waals surface area contributed by atoms with Crippen molar-refractivity contribution >= 4 is 15.6 Å². The van der Waals surface area contributed by atoms with E-state index in [0.29, 0.717) is 6.61 Å². The predicted octanol–water partition coefficient (Wildman–Crippen LogP) is 2.13. The Bertz CT molecular complexity index is 601. The van der Waals surface area contributed by atoms with Crippen molar-refractivity contribution in [2.45, 2.75) is 30.4 Å². The third-order valence-corrected chi connectivity index (χ3v) is 4.91. The molecule has 1 saturated heterocycles. The minimum absolute atomic E-state index is 0.156. The highest BCUT2D eigenvalue weighted by Gasteiger charge is 2.17. The molecule has 0 bridgehead atoms. The van der Waals surface area contributed by atoms with Crippen molar-refractivity contribution < 1.29 is 22.7 Å². The SMILES string of the molecule is O=C(/C=C/COC1CCCCO1)CS(=O)(=O)c1ccccc1. The van der Waals surface area contributed by atoms with Crippen LogP contribution >= 0.6 is 0 Å². The highest BCUT2D eigenvalue weighted by molar-refractivity contribution is 7.92. The van der Waals surface area contributed by atoms with Gasteiger partial charge < -0.3 is 9.47 Å². The molecule has 0 N–H and O–H groups in total. The maximum absolute atomic E-state index is 12.0. The van der Waals surface area contributed by atoms with Gasteiger partial charge in [0.1, 0.15) is 5.75 Å². The predicted molar refractivity (Wildman–Crippen MR) is 82.2 cm³/mol. The van der Waals surface area contributed by atoms with E-state index in [-0.39, 0.29) is 17.8 Å². The molecule has 1 aromatic rings. The molecule has 0 saturated carbocycles. The van der Waals surface area contributed by atoms with Crippen LogP contribution in [0.4, 0.5) is 0 Å². The Labute approximate surface area is 130 Å². The molecule has 1 aromatic carbocycles. The monoisotopic (exact) mass is 324 g/mol. The zero-order valence-corrected chi connectivity index (χ0v) is 13.1. The number of ether oxygens (including phenoxy) is 2. The van der Waals surface area contributed by atoms with Gasteiger partial charge >= 0.3 is 0 Å². The number of ketones is 1. The third-order valence-electron chi connectivity index (χ3n) is 3.25. The number of rotatable bonds is 7. The lowest BCUT2D eigenvalue weighted by molar-refractivity contribution is -0.155. The van der Waals surface area contributed by atoms with Gasteiger partial charge in [0.05, 0.1) is 11.5 Å². The summed E-state index contributed by atoms with van der Waals surface area (Å²) in [6.07, 6.45) is 5.53. The van der Waals surface area contributed by atoms with Gasteiger partial charge in [-0.25, -0.2) is 8.42 Å². The first-order valence-corrected chi connectivity index (χ1v) is 8.93. The summed E-state index contributed by atoms with van der Waals surface area (Å²) in [4.78, 5) is 11.9. The van der Waals surface area contributed by atoms with Gasteiger partial charge in [0, 0.05) is 6.61 Å². The Morgan fingerprint density at radius 1 is 1.27 bits per heavy atom. The molecule has 0 aromatic heterocycles. The molecule has 120 valence electrons. The molecule has 0 spiro atoms. The van der Waals surface area contributed by atoms with Gasteiger partial charge in [0.15, 0.2) is 21.9 Å². The van der Waals surface area contributed by atoms with Gasteiger partial charge in [-0.05, 0) is 37.5 Å². The molecule has 22 heavy (non-hydrogen) atoms. The molecule has 1 aliphatic rings. The van der Waals surface area contributed by atoms with E-state index in [2.05, 4.69) is 0 Å². The van der Waals surface area contributed by atoms with E-state index in [1.807, 2.05) is 0 Å². The second kappa shape index (κ2) is 8.22. The number of allylic oxidation sites excluding steroid dienone is 1. The fourth-order valence-corrected chi connectivity index (χ4v) is 3.34. The number of sulfone groups is 1. The van der Waals surface area contributed by atoms with E-state index >= 15 is 0 Å². The molecule has 1 atom stereocenters. The Morgan fingerprint density at radius 3 is 2.73 bits per heavy atom. The van der Waals surface area contributed by atoms with Gasteiger partial charge in [-0.3, -0.25) is 4.79 Å². The van der Waals surface area contributed by atoms with E-state index in [9.17, 15) is 13.2 Å². The van der Waals surface area contributed by atoms with Crippen molar-refractivity contribution in [2.75, 3.05) is 19.0 Å². The normalized spacial score (nSPS) is 19.4. The second-order valence-electron chi connectivity index (χ2n) is 5.07. The zero-order chi connectivity index (χ0) is 15.8. The fraction of sp³-hybridized carbons (Fsp3) is 0.438. The minimum atomic E-state index is -3.58. The molecule has 1 fully saturated rings. The van der Waals surface area contributed by atoms with Crippen LogP contribution in [-0.4, -0.2) is 39.5 Å². The van der Waals surface area contributed by atoms with Gasteiger partial charge in [-0.1, -0.05) is 24.3 Å². The Morgan fingerprint density at radius 2 is 2.05 bits per heavy atom. The van der Waals surface area contributed by atoms with Crippen molar-refractivity contribution in [1.29, 1.82) is 0 Å². The quantitative estimate of drug-likeness (QED) is 0.719. The lowest BCUT2D eigenvalue weighted by Crippen LogP contribution is -2.22. The van der Waals surface area contributed by atoms with Crippen LogP contribution in [-0.2, 0) is 24.1 Å². The summed E-state index contributed by atoms with van der Waals surface area (Å²) in [5.74, 6) is -0.995. The van der Waals surface area contributed by atoms with Crippen molar-refractivity contribution in [2.24, 2.45) is 0 Å². The van der Waals surface area contributed by atoms with Crippen LogP contribution in [0.5, 0.6) is 0 Å². The average molecular weight is 324 g/mol. The molecule has 1 unspecified atom stereocenters. The molecule has 1 aliphatic heterocycles. The minimum Gasteiger partial charge on any atom is -0.353 e. The first-order chi connectivity index (χ1) is 10.6. The molecule has 6 heteroatoms. The summed E-state index contributed by atoms with van der Waals surface area (Å²) in [5.41, 5.74) is 0. The Kier molecular flexibility index (Phi) is 6.30. The van der Waals surface area contributed by atoms with Crippen LogP contribution in [0, 0.1) is 0 Å². The van der Waals surface area contributed by atoms with E-state index in [4.69, 9.17) is 9.47 Å². The number of carbonyl (C=O) groups excluding carboxylic acids is 1. The Hall–Kier alpha value is -1.50. The summed E-state index contributed by atoms with van der Waals surface area (Å²) in [7, 11) is -3.58. The van der Waals surface area contributed by atoms with Crippen molar-refractivity contribution in [3.05, 3.63) is 42.5 Å². The molecular formula is C16H20O5S.